The van der Waals surface area contributed by atoms with Gasteiger partial charge in [0.1, 0.15) is 17.3 Å². The van der Waals surface area contributed by atoms with Gasteiger partial charge in [0, 0.05) is 19.1 Å². The summed E-state index contributed by atoms with van der Waals surface area (Å²) in [6.45, 7) is 3.01. The summed E-state index contributed by atoms with van der Waals surface area (Å²) in [6.07, 6.45) is 3.13. The predicted molar refractivity (Wildman–Crippen MR) is 78.2 cm³/mol. The number of anilines is 1. The minimum absolute atomic E-state index is 0.00794. The van der Waals surface area contributed by atoms with Crippen molar-refractivity contribution in [3.8, 4) is 0 Å². The molecule has 0 spiro atoms. The molecule has 0 radical (unpaired) electrons. The first-order valence-corrected chi connectivity index (χ1v) is 7.69. The lowest BCUT2D eigenvalue weighted by Gasteiger charge is -2.28. The molecule has 1 aromatic carbocycles. The van der Waals surface area contributed by atoms with Crippen molar-refractivity contribution in [2.45, 2.75) is 44.8 Å². The van der Waals surface area contributed by atoms with Gasteiger partial charge in [-0.3, -0.25) is 0 Å². The number of hydrogen-bond donors (Lipinski definition) is 2. The van der Waals surface area contributed by atoms with Crippen molar-refractivity contribution >= 4 is 5.69 Å². The second kappa shape index (κ2) is 5.89. The van der Waals surface area contributed by atoms with Gasteiger partial charge in [-0.05, 0) is 42.9 Å². The van der Waals surface area contributed by atoms with Gasteiger partial charge >= 0.3 is 0 Å². The van der Waals surface area contributed by atoms with Crippen LogP contribution in [-0.4, -0.2) is 30.3 Å². The first-order chi connectivity index (χ1) is 10.1. The second-order valence-corrected chi connectivity index (χ2v) is 6.27. The van der Waals surface area contributed by atoms with Gasteiger partial charge in [0.05, 0.1) is 12.6 Å². The standard InChI is InChI=1S/C16H22F2N2O/c1-10-4-5-20(15(10)9-21)16-13(17)6-11(7-14(16)18)8-19-12-2-3-12/h6-7,10,12,15,19,21H,2-5,8-9H2,1H3. The van der Waals surface area contributed by atoms with Crippen LogP contribution >= 0.6 is 0 Å². The molecule has 1 saturated heterocycles. The number of halogens is 2. The molecular formula is C16H22F2N2O. The maximum absolute atomic E-state index is 14.3. The minimum atomic E-state index is -0.532. The highest BCUT2D eigenvalue weighted by Gasteiger charge is 2.34. The molecule has 0 aromatic heterocycles. The Bertz CT molecular complexity index is 496. The van der Waals surface area contributed by atoms with E-state index in [9.17, 15) is 13.9 Å². The van der Waals surface area contributed by atoms with Crippen molar-refractivity contribution < 1.29 is 13.9 Å². The van der Waals surface area contributed by atoms with E-state index in [-0.39, 0.29) is 24.3 Å². The summed E-state index contributed by atoms with van der Waals surface area (Å²) >= 11 is 0. The molecule has 2 aliphatic rings. The van der Waals surface area contributed by atoms with Crippen LogP contribution in [0.3, 0.4) is 0 Å². The number of rotatable bonds is 5. The zero-order valence-corrected chi connectivity index (χ0v) is 12.3. The predicted octanol–water partition coefficient (Wildman–Crippen LogP) is 2.42. The fourth-order valence-corrected chi connectivity index (χ4v) is 3.11. The maximum atomic E-state index is 14.3. The van der Waals surface area contributed by atoms with Crippen molar-refractivity contribution in [2.24, 2.45) is 5.92 Å². The summed E-state index contributed by atoms with van der Waals surface area (Å²) in [6, 6.07) is 3.12. The van der Waals surface area contributed by atoms with E-state index in [4.69, 9.17) is 0 Å². The van der Waals surface area contributed by atoms with E-state index in [1.54, 1.807) is 4.90 Å². The number of aliphatic hydroxyl groups is 1. The highest BCUT2D eigenvalue weighted by Crippen LogP contribution is 2.34. The monoisotopic (exact) mass is 296 g/mol. The second-order valence-electron chi connectivity index (χ2n) is 6.27. The van der Waals surface area contributed by atoms with Crippen molar-refractivity contribution in [1.82, 2.24) is 5.32 Å². The lowest BCUT2D eigenvalue weighted by molar-refractivity contribution is 0.244. The summed E-state index contributed by atoms with van der Waals surface area (Å²) in [4.78, 5) is 1.67. The SMILES string of the molecule is CC1CCN(c2c(F)cc(CNC3CC3)cc2F)C1CO. The summed E-state index contributed by atoms with van der Waals surface area (Å²) in [5.74, 6) is -0.824. The fourth-order valence-electron chi connectivity index (χ4n) is 3.11. The van der Waals surface area contributed by atoms with Crippen molar-refractivity contribution in [1.29, 1.82) is 0 Å². The highest BCUT2D eigenvalue weighted by atomic mass is 19.1. The third kappa shape index (κ3) is 3.04. The Morgan fingerprint density at radius 3 is 2.48 bits per heavy atom. The molecule has 1 aliphatic heterocycles. The lowest BCUT2D eigenvalue weighted by atomic mass is 10.0. The number of aliphatic hydroxyl groups excluding tert-OH is 1. The van der Waals surface area contributed by atoms with Gasteiger partial charge in [0.2, 0.25) is 0 Å². The first-order valence-electron chi connectivity index (χ1n) is 7.69. The molecule has 0 bridgehead atoms. The molecule has 2 unspecified atom stereocenters. The van der Waals surface area contributed by atoms with Crippen LogP contribution in [0.1, 0.15) is 31.7 Å². The van der Waals surface area contributed by atoms with Gasteiger partial charge in [-0.2, -0.15) is 0 Å². The molecule has 1 aliphatic carbocycles. The van der Waals surface area contributed by atoms with E-state index in [0.29, 0.717) is 24.7 Å². The fraction of sp³-hybridized carbons (Fsp3) is 0.625. The van der Waals surface area contributed by atoms with Crippen LogP contribution in [0.15, 0.2) is 12.1 Å². The molecule has 3 nitrogen and oxygen atoms in total. The van der Waals surface area contributed by atoms with E-state index in [0.717, 1.165) is 19.3 Å². The van der Waals surface area contributed by atoms with Crippen molar-refractivity contribution in [2.75, 3.05) is 18.1 Å². The lowest BCUT2D eigenvalue weighted by Crippen LogP contribution is -2.36. The molecule has 0 amide bonds. The highest BCUT2D eigenvalue weighted by molar-refractivity contribution is 5.52. The van der Waals surface area contributed by atoms with Gasteiger partial charge < -0.3 is 15.3 Å². The van der Waals surface area contributed by atoms with Gasteiger partial charge in [0.25, 0.3) is 0 Å². The first kappa shape index (κ1) is 14.7. The number of hydrogen-bond acceptors (Lipinski definition) is 3. The van der Waals surface area contributed by atoms with E-state index < -0.39 is 11.6 Å². The third-order valence-corrected chi connectivity index (χ3v) is 4.61. The molecule has 1 aromatic rings. The van der Waals surface area contributed by atoms with Crippen LogP contribution in [0.5, 0.6) is 0 Å². The summed E-state index contributed by atoms with van der Waals surface area (Å²) in [7, 11) is 0. The number of nitrogens with zero attached hydrogens (tertiary/aromatic N) is 1. The number of benzene rings is 1. The average Bonchev–Trinajstić information content (AvgIpc) is 3.20. The Kier molecular flexibility index (Phi) is 4.13. The normalized spacial score (nSPS) is 25.6. The Morgan fingerprint density at radius 1 is 1.24 bits per heavy atom. The largest absolute Gasteiger partial charge is 0.394 e. The molecule has 2 N–H and O–H groups in total. The van der Waals surface area contributed by atoms with E-state index in [1.807, 2.05) is 6.92 Å². The summed E-state index contributed by atoms with van der Waals surface area (Å²) < 4.78 is 28.7. The smallest absolute Gasteiger partial charge is 0.149 e. The zero-order valence-electron chi connectivity index (χ0n) is 12.3. The van der Waals surface area contributed by atoms with Crippen LogP contribution in [0.25, 0.3) is 0 Å². The van der Waals surface area contributed by atoms with Gasteiger partial charge in [-0.1, -0.05) is 6.92 Å². The van der Waals surface area contributed by atoms with Crippen LogP contribution in [-0.2, 0) is 6.54 Å². The molecule has 1 heterocycles. The van der Waals surface area contributed by atoms with Gasteiger partial charge in [0.15, 0.2) is 0 Å². The Morgan fingerprint density at radius 2 is 1.90 bits per heavy atom. The Labute approximate surface area is 124 Å². The number of nitrogens with one attached hydrogen (secondary N) is 1. The van der Waals surface area contributed by atoms with E-state index in [2.05, 4.69) is 5.32 Å². The van der Waals surface area contributed by atoms with Crippen LogP contribution in [0.2, 0.25) is 0 Å². The molecule has 2 fully saturated rings. The maximum Gasteiger partial charge on any atom is 0.149 e. The van der Waals surface area contributed by atoms with E-state index in [1.165, 1.54) is 12.1 Å². The molecule has 1 saturated carbocycles. The quantitative estimate of drug-likeness (QED) is 0.876. The van der Waals surface area contributed by atoms with Crippen LogP contribution < -0.4 is 10.2 Å². The third-order valence-electron chi connectivity index (χ3n) is 4.61. The Balaban J connectivity index is 1.81. The molecule has 21 heavy (non-hydrogen) atoms. The molecular weight excluding hydrogens is 274 g/mol. The van der Waals surface area contributed by atoms with Gasteiger partial charge in [-0.25, -0.2) is 8.78 Å². The topological polar surface area (TPSA) is 35.5 Å². The van der Waals surface area contributed by atoms with Crippen LogP contribution in [0.4, 0.5) is 14.5 Å². The molecule has 5 heteroatoms. The summed E-state index contributed by atoms with van der Waals surface area (Å²) in [5, 5.41) is 12.7. The summed E-state index contributed by atoms with van der Waals surface area (Å²) in [5.41, 5.74) is 0.641. The van der Waals surface area contributed by atoms with Crippen molar-refractivity contribution in [3.63, 3.8) is 0 Å². The minimum Gasteiger partial charge on any atom is -0.394 e. The van der Waals surface area contributed by atoms with Gasteiger partial charge in [-0.15, -0.1) is 0 Å². The average molecular weight is 296 g/mol. The molecule has 2 atom stereocenters. The van der Waals surface area contributed by atoms with E-state index >= 15 is 0 Å². The molecule has 3 rings (SSSR count). The van der Waals surface area contributed by atoms with Crippen molar-refractivity contribution in [3.05, 3.63) is 29.3 Å². The van der Waals surface area contributed by atoms with Crippen LogP contribution in [0, 0.1) is 17.6 Å². The zero-order chi connectivity index (χ0) is 15.0. The Hall–Kier alpha value is -1.20. The molecule has 116 valence electrons.